The zero-order chi connectivity index (χ0) is 13.6. The van der Waals surface area contributed by atoms with Gasteiger partial charge in [-0.3, -0.25) is 9.11 Å². The molecule has 2 aromatic carbocycles. The van der Waals surface area contributed by atoms with Gasteiger partial charge in [0, 0.05) is 29.6 Å². The standard InChI is InChI=1S/C10H8O6S2.Li/c11-17(12,13)9-5-1-3-7-8(9)4-2-6-10(7)18(14,15)16;/h1-6H,(H,11,12,13)(H,14,15,16);. The Morgan fingerprint density at radius 2 is 1.00 bits per heavy atom. The monoisotopic (exact) mass is 295 g/mol. The predicted molar refractivity (Wildman–Crippen MR) is 69.3 cm³/mol. The summed E-state index contributed by atoms with van der Waals surface area (Å²) in [5.74, 6) is 0. The first kappa shape index (κ1) is 16.2. The molecule has 0 atom stereocenters. The van der Waals surface area contributed by atoms with Crippen LogP contribution >= 0.6 is 0 Å². The van der Waals surface area contributed by atoms with Gasteiger partial charge < -0.3 is 0 Å². The molecule has 0 bridgehead atoms. The van der Waals surface area contributed by atoms with Crippen LogP contribution in [0.25, 0.3) is 10.8 Å². The summed E-state index contributed by atoms with van der Waals surface area (Å²) in [7, 11) is -8.94. The van der Waals surface area contributed by atoms with Crippen LogP contribution in [-0.2, 0) is 20.2 Å². The largest absolute Gasteiger partial charge is 0.295 e. The van der Waals surface area contributed by atoms with Gasteiger partial charge in [0.25, 0.3) is 20.2 Å². The molecule has 0 aliphatic rings. The van der Waals surface area contributed by atoms with Crippen LogP contribution in [0.3, 0.4) is 0 Å². The van der Waals surface area contributed by atoms with Gasteiger partial charge in [-0.15, -0.1) is 0 Å². The van der Waals surface area contributed by atoms with E-state index in [-0.39, 0.29) is 29.6 Å². The molecule has 0 aliphatic carbocycles. The van der Waals surface area contributed by atoms with E-state index in [1.807, 2.05) is 0 Å². The summed E-state index contributed by atoms with van der Waals surface area (Å²) >= 11 is 0. The fraction of sp³-hybridized carbons (Fsp3) is 0. The van der Waals surface area contributed by atoms with Crippen LogP contribution in [0.4, 0.5) is 0 Å². The maximum Gasteiger partial charge on any atom is 0.295 e. The van der Waals surface area contributed by atoms with Gasteiger partial charge in [-0.1, -0.05) is 24.3 Å². The van der Waals surface area contributed by atoms with Crippen molar-refractivity contribution >= 4 is 49.9 Å². The maximum absolute atomic E-state index is 11.2. The fourth-order valence-electron chi connectivity index (χ4n) is 1.70. The van der Waals surface area contributed by atoms with Crippen LogP contribution in [0.5, 0.6) is 0 Å². The van der Waals surface area contributed by atoms with Gasteiger partial charge in [0.2, 0.25) is 0 Å². The van der Waals surface area contributed by atoms with Crippen molar-refractivity contribution in [1.82, 2.24) is 0 Å². The molecule has 1 radical (unpaired) electrons. The molecule has 0 aromatic heterocycles. The minimum absolute atomic E-state index is 0. The second-order valence-corrected chi connectivity index (χ2v) is 6.34. The van der Waals surface area contributed by atoms with Crippen molar-refractivity contribution in [2.24, 2.45) is 0 Å². The van der Waals surface area contributed by atoms with Crippen molar-refractivity contribution in [2.75, 3.05) is 0 Å². The Morgan fingerprint density at radius 1 is 0.684 bits per heavy atom. The van der Waals surface area contributed by atoms with E-state index in [0.29, 0.717) is 0 Å². The molecule has 2 aromatic rings. The van der Waals surface area contributed by atoms with Crippen molar-refractivity contribution in [3.8, 4) is 0 Å². The molecule has 9 heteroatoms. The van der Waals surface area contributed by atoms with E-state index in [9.17, 15) is 16.8 Å². The summed E-state index contributed by atoms with van der Waals surface area (Å²) < 4.78 is 62.7. The molecular formula is C10H8LiO6S2. The van der Waals surface area contributed by atoms with Crippen molar-refractivity contribution < 1.29 is 25.9 Å². The Kier molecular flexibility index (Phi) is 4.46. The Bertz CT molecular complexity index is 755. The van der Waals surface area contributed by atoms with Gasteiger partial charge >= 0.3 is 0 Å². The van der Waals surface area contributed by atoms with Crippen molar-refractivity contribution in [3.05, 3.63) is 36.4 Å². The third-order valence-electron chi connectivity index (χ3n) is 2.40. The summed E-state index contributed by atoms with van der Waals surface area (Å²) in [4.78, 5) is -0.823. The topological polar surface area (TPSA) is 109 Å². The normalized spacial score (nSPS) is 12.1. The molecule has 0 unspecified atom stereocenters. The van der Waals surface area contributed by atoms with Crippen LogP contribution in [0.1, 0.15) is 0 Å². The van der Waals surface area contributed by atoms with Crippen LogP contribution in [0.15, 0.2) is 46.2 Å². The number of hydrogen-bond donors (Lipinski definition) is 2. The van der Waals surface area contributed by atoms with E-state index in [2.05, 4.69) is 0 Å². The SMILES string of the molecule is O=S(=O)(O)c1cccc2c(S(=O)(=O)O)cccc12.[Li]. The summed E-state index contributed by atoms with van der Waals surface area (Å²) in [5.41, 5.74) is 0. The van der Waals surface area contributed by atoms with Crippen molar-refractivity contribution in [3.63, 3.8) is 0 Å². The van der Waals surface area contributed by atoms with Crippen molar-refractivity contribution in [2.45, 2.75) is 9.79 Å². The molecule has 6 nitrogen and oxygen atoms in total. The van der Waals surface area contributed by atoms with Gasteiger partial charge in [0.1, 0.15) is 9.79 Å². The summed E-state index contributed by atoms with van der Waals surface area (Å²) in [5, 5.41) is 0.0465. The number of hydrogen-bond acceptors (Lipinski definition) is 4. The van der Waals surface area contributed by atoms with E-state index >= 15 is 0 Å². The molecule has 0 fully saturated rings. The number of fused-ring (bicyclic) bond motifs is 1. The summed E-state index contributed by atoms with van der Waals surface area (Å²) in [6.45, 7) is 0. The first-order chi connectivity index (χ1) is 8.21. The Hall–Kier alpha value is -0.883. The second kappa shape index (κ2) is 5.24. The Morgan fingerprint density at radius 3 is 1.26 bits per heavy atom. The minimum atomic E-state index is -4.47. The quantitative estimate of drug-likeness (QED) is 0.630. The van der Waals surface area contributed by atoms with Gasteiger partial charge in [-0.25, -0.2) is 0 Å². The smallest absolute Gasteiger partial charge is 0.282 e. The van der Waals surface area contributed by atoms with Crippen molar-refractivity contribution in [1.29, 1.82) is 0 Å². The molecule has 2 N–H and O–H groups in total. The fourth-order valence-corrected chi connectivity index (χ4v) is 3.12. The van der Waals surface area contributed by atoms with Crippen LogP contribution in [0.2, 0.25) is 0 Å². The third-order valence-corrected chi connectivity index (χ3v) is 4.22. The molecule has 0 amide bonds. The van der Waals surface area contributed by atoms with E-state index in [1.54, 1.807) is 0 Å². The Labute approximate surface area is 122 Å². The van der Waals surface area contributed by atoms with Gasteiger partial charge in [0.15, 0.2) is 0 Å². The number of rotatable bonds is 2. The first-order valence-electron chi connectivity index (χ1n) is 4.68. The molecule has 0 saturated heterocycles. The predicted octanol–water partition coefficient (Wildman–Crippen LogP) is 0.952. The van der Waals surface area contributed by atoms with E-state index in [0.717, 1.165) is 12.1 Å². The Balaban J connectivity index is 0.00000180. The molecule has 0 saturated carbocycles. The molecule has 0 heterocycles. The van der Waals surface area contributed by atoms with Gasteiger partial charge in [-0.2, -0.15) is 16.8 Å². The molecule has 2 rings (SSSR count). The molecule has 0 aliphatic heterocycles. The number of benzene rings is 2. The maximum atomic E-state index is 11.2. The average Bonchev–Trinajstić information content (AvgIpc) is 2.24. The first-order valence-corrected chi connectivity index (χ1v) is 7.56. The third kappa shape index (κ3) is 3.17. The molecule has 19 heavy (non-hydrogen) atoms. The minimum Gasteiger partial charge on any atom is -0.282 e. The second-order valence-electron chi connectivity index (χ2n) is 3.56. The molecular weight excluding hydrogens is 287 g/mol. The van der Waals surface area contributed by atoms with Gasteiger partial charge in [0.05, 0.1) is 0 Å². The van der Waals surface area contributed by atoms with Crippen LogP contribution < -0.4 is 0 Å². The summed E-state index contributed by atoms with van der Waals surface area (Å²) in [6, 6.07) is 7.53. The van der Waals surface area contributed by atoms with E-state index in [1.165, 1.54) is 24.3 Å². The zero-order valence-electron chi connectivity index (χ0n) is 9.81. The zero-order valence-corrected chi connectivity index (χ0v) is 11.4. The average molecular weight is 295 g/mol. The molecule has 0 spiro atoms. The summed E-state index contributed by atoms with van der Waals surface area (Å²) in [6.07, 6.45) is 0. The van der Waals surface area contributed by atoms with E-state index < -0.39 is 30.0 Å². The van der Waals surface area contributed by atoms with Gasteiger partial charge in [-0.05, 0) is 12.1 Å². The van der Waals surface area contributed by atoms with Crippen LogP contribution in [-0.4, -0.2) is 44.8 Å². The van der Waals surface area contributed by atoms with Crippen LogP contribution in [0, 0.1) is 0 Å². The molecule has 97 valence electrons. The van der Waals surface area contributed by atoms with E-state index in [4.69, 9.17) is 9.11 Å².